The van der Waals surface area contributed by atoms with E-state index < -0.39 is 22.1 Å². The van der Waals surface area contributed by atoms with E-state index >= 15 is 0 Å². The lowest BCUT2D eigenvalue weighted by molar-refractivity contribution is 0.0319. The molecular weight excluding hydrogens is 500 g/mol. The Morgan fingerprint density at radius 2 is 1.69 bits per heavy atom. The molecule has 0 saturated heterocycles. The van der Waals surface area contributed by atoms with Crippen molar-refractivity contribution in [3.8, 4) is 0 Å². The summed E-state index contributed by atoms with van der Waals surface area (Å²) in [6.07, 6.45) is -1.12. The second-order valence-corrected chi connectivity index (χ2v) is 10.9. The van der Waals surface area contributed by atoms with Gasteiger partial charge in [-0.3, -0.25) is 4.79 Å². The van der Waals surface area contributed by atoms with Crippen molar-refractivity contribution < 1.29 is 22.7 Å². The summed E-state index contributed by atoms with van der Waals surface area (Å²) in [5.41, 5.74) is 2.59. The van der Waals surface area contributed by atoms with Crippen LogP contribution in [0, 0.1) is 6.92 Å². The number of hydrogen-bond donors (Lipinski definition) is 1. The topological polar surface area (TPSA) is 96.5 Å². The van der Waals surface area contributed by atoms with Crippen LogP contribution in [0.4, 0.5) is 0 Å². The van der Waals surface area contributed by atoms with Crippen LogP contribution in [0.5, 0.6) is 0 Å². The third kappa shape index (κ3) is 5.06. The number of ketones is 1. The van der Waals surface area contributed by atoms with Crippen LogP contribution in [0.25, 0.3) is 10.9 Å². The molecule has 0 bridgehead atoms. The van der Waals surface area contributed by atoms with E-state index in [1.165, 1.54) is 36.5 Å². The first-order valence-corrected chi connectivity index (χ1v) is 13.0. The standard InChI is InChI=1S/C27H25ClN2O5S/c1-17-25(21-11-7-8-12-24(21)29-17)26(31)18(2)35-27(32)22-15-20(13-14-23(22)28)36(33,34)30(3)16-19-9-5-4-6-10-19/h4-15,18,29H,16H2,1-3H3/t18-/m1/s1. The smallest absolute Gasteiger partial charge is 0.340 e. The van der Waals surface area contributed by atoms with Crippen molar-refractivity contribution >= 4 is 44.3 Å². The Bertz CT molecular complexity index is 1550. The minimum absolute atomic E-state index is 0.0209. The number of esters is 1. The maximum Gasteiger partial charge on any atom is 0.340 e. The molecule has 4 rings (SSSR count). The molecule has 3 aromatic carbocycles. The number of halogens is 1. The number of aromatic amines is 1. The minimum atomic E-state index is -3.92. The first-order valence-electron chi connectivity index (χ1n) is 11.2. The number of nitrogens with one attached hydrogen (secondary N) is 1. The number of Topliss-reactive ketones (excluding diaryl/α,β-unsaturated/α-hetero) is 1. The number of H-pyrrole nitrogens is 1. The molecule has 0 amide bonds. The van der Waals surface area contributed by atoms with Gasteiger partial charge in [-0.1, -0.05) is 60.1 Å². The van der Waals surface area contributed by atoms with Gasteiger partial charge >= 0.3 is 5.97 Å². The molecule has 186 valence electrons. The number of hydrogen-bond acceptors (Lipinski definition) is 5. The molecule has 0 radical (unpaired) electrons. The highest BCUT2D eigenvalue weighted by Crippen LogP contribution is 2.27. The highest BCUT2D eigenvalue weighted by atomic mass is 35.5. The number of ether oxygens (including phenoxy) is 1. The molecule has 9 heteroatoms. The molecule has 4 aromatic rings. The maximum atomic E-state index is 13.1. The summed E-state index contributed by atoms with van der Waals surface area (Å²) < 4.78 is 32.9. The van der Waals surface area contributed by atoms with Gasteiger partial charge < -0.3 is 9.72 Å². The van der Waals surface area contributed by atoms with Crippen molar-refractivity contribution in [2.24, 2.45) is 0 Å². The van der Waals surface area contributed by atoms with Crippen LogP contribution < -0.4 is 0 Å². The minimum Gasteiger partial charge on any atom is -0.451 e. The molecule has 0 saturated carbocycles. The second-order valence-electron chi connectivity index (χ2n) is 8.47. The number of carbonyl (C=O) groups is 2. The summed E-state index contributed by atoms with van der Waals surface area (Å²) in [6.45, 7) is 3.41. The summed E-state index contributed by atoms with van der Waals surface area (Å²) in [4.78, 5) is 29.2. The van der Waals surface area contributed by atoms with E-state index in [1.54, 1.807) is 6.92 Å². The van der Waals surface area contributed by atoms with E-state index in [0.717, 1.165) is 16.5 Å². The Morgan fingerprint density at radius 3 is 2.42 bits per heavy atom. The number of carbonyl (C=O) groups excluding carboxylic acids is 2. The Labute approximate surface area is 214 Å². The summed E-state index contributed by atoms with van der Waals surface area (Å²) in [6, 6.07) is 20.3. The highest BCUT2D eigenvalue weighted by Gasteiger charge is 2.28. The van der Waals surface area contributed by atoms with Crippen molar-refractivity contribution in [1.29, 1.82) is 0 Å². The molecule has 0 aliphatic heterocycles. The Hall–Kier alpha value is -3.46. The van der Waals surface area contributed by atoms with E-state index in [2.05, 4.69) is 4.98 Å². The molecule has 1 atom stereocenters. The molecule has 0 fully saturated rings. The third-order valence-electron chi connectivity index (χ3n) is 5.91. The zero-order valence-electron chi connectivity index (χ0n) is 20.0. The zero-order chi connectivity index (χ0) is 26.0. The van der Waals surface area contributed by atoms with E-state index in [4.69, 9.17) is 16.3 Å². The molecule has 0 unspecified atom stereocenters. The third-order valence-corrected chi connectivity index (χ3v) is 8.04. The predicted molar refractivity (Wildman–Crippen MR) is 139 cm³/mol. The van der Waals surface area contributed by atoms with Gasteiger partial charge in [0.25, 0.3) is 0 Å². The highest BCUT2D eigenvalue weighted by molar-refractivity contribution is 7.89. The van der Waals surface area contributed by atoms with Crippen molar-refractivity contribution in [2.45, 2.75) is 31.4 Å². The Balaban J connectivity index is 1.55. The summed E-state index contributed by atoms with van der Waals surface area (Å²) in [7, 11) is -2.47. The first-order chi connectivity index (χ1) is 17.1. The number of aryl methyl sites for hydroxylation is 1. The van der Waals surface area contributed by atoms with Crippen LogP contribution in [0.1, 0.15) is 38.9 Å². The zero-order valence-corrected chi connectivity index (χ0v) is 21.6. The lowest BCUT2D eigenvalue weighted by Crippen LogP contribution is -2.27. The van der Waals surface area contributed by atoms with Crippen LogP contribution in [-0.2, 0) is 21.3 Å². The number of nitrogens with zero attached hydrogens (tertiary/aromatic N) is 1. The van der Waals surface area contributed by atoms with Gasteiger partial charge in [0.05, 0.1) is 15.5 Å². The molecule has 0 aliphatic carbocycles. The largest absolute Gasteiger partial charge is 0.451 e. The summed E-state index contributed by atoms with van der Waals surface area (Å²) in [5.74, 6) is -1.26. The fourth-order valence-corrected chi connectivity index (χ4v) is 5.38. The van der Waals surface area contributed by atoms with Gasteiger partial charge in [-0.15, -0.1) is 0 Å². The first kappa shape index (κ1) is 25.6. The molecule has 36 heavy (non-hydrogen) atoms. The van der Waals surface area contributed by atoms with Gasteiger partial charge in [-0.05, 0) is 43.7 Å². The Morgan fingerprint density at radius 1 is 1.03 bits per heavy atom. The van der Waals surface area contributed by atoms with Crippen LogP contribution in [-0.4, -0.2) is 42.6 Å². The molecule has 0 aliphatic rings. The van der Waals surface area contributed by atoms with Crippen molar-refractivity contribution in [3.05, 3.63) is 100 Å². The van der Waals surface area contributed by atoms with Gasteiger partial charge in [-0.25, -0.2) is 13.2 Å². The average Bonchev–Trinajstić information content (AvgIpc) is 3.19. The molecular formula is C27H25ClN2O5S. The van der Waals surface area contributed by atoms with E-state index in [0.29, 0.717) is 11.3 Å². The number of sulfonamides is 1. The Kier molecular flexibility index (Phi) is 7.31. The van der Waals surface area contributed by atoms with Crippen molar-refractivity contribution in [2.75, 3.05) is 7.05 Å². The monoisotopic (exact) mass is 524 g/mol. The average molecular weight is 525 g/mol. The van der Waals surface area contributed by atoms with Gasteiger partial charge in [0.2, 0.25) is 15.8 Å². The number of para-hydroxylation sites is 1. The van der Waals surface area contributed by atoms with Gasteiger partial charge in [0, 0.05) is 35.8 Å². The molecule has 0 spiro atoms. The molecule has 1 heterocycles. The predicted octanol–water partition coefficient (Wildman–Crippen LogP) is 5.38. The summed E-state index contributed by atoms with van der Waals surface area (Å²) in [5, 5.41) is 0.753. The van der Waals surface area contributed by atoms with E-state index in [9.17, 15) is 18.0 Å². The van der Waals surface area contributed by atoms with E-state index in [1.807, 2.05) is 54.6 Å². The van der Waals surface area contributed by atoms with Crippen molar-refractivity contribution in [3.63, 3.8) is 0 Å². The quantitative estimate of drug-likeness (QED) is 0.246. The van der Waals surface area contributed by atoms with E-state index in [-0.39, 0.29) is 27.8 Å². The second kappa shape index (κ2) is 10.3. The molecule has 1 aromatic heterocycles. The van der Waals surface area contributed by atoms with Crippen LogP contribution >= 0.6 is 11.6 Å². The molecule has 1 N–H and O–H groups in total. The SMILES string of the molecule is Cc1[nH]c2ccccc2c1C(=O)[C@@H](C)OC(=O)c1cc(S(=O)(=O)N(C)Cc2ccccc2)ccc1Cl. The maximum absolute atomic E-state index is 13.1. The lowest BCUT2D eigenvalue weighted by Gasteiger charge is -2.18. The summed E-state index contributed by atoms with van der Waals surface area (Å²) >= 11 is 6.22. The number of benzene rings is 3. The lowest BCUT2D eigenvalue weighted by atomic mass is 10.0. The van der Waals surface area contributed by atoms with Gasteiger partial charge in [0.15, 0.2) is 6.10 Å². The fraction of sp³-hybridized carbons (Fsp3) is 0.185. The fourth-order valence-electron chi connectivity index (χ4n) is 4.00. The molecule has 7 nitrogen and oxygen atoms in total. The number of fused-ring (bicyclic) bond motifs is 1. The normalized spacial score (nSPS) is 12.6. The van der Waals surface area contributed by atoms with Crippen LogP contribution in [0.15, 0.2) is 77.7 Å². The van der Waals surface area contributed by atoms with Gasteiger partial charge in [-0.2, -0.15) is 4.31 Å². The van der Waals surface area contributed by atoms with Crippen molar-refractivity contribution in [1.82, 2.24) is 9.29 Å². The van der Waals surface area contributed by atoms with Gasteiger partial charge in [0.1, 0.15) is 0 Å². The number of rotatable bonds is 8. The van der Waals surface area contributed by atoms with Crippen LogP contribution in [0.3, 0.4) is 0 Å². The van der Waals surface area contributed by atoms with Crippen LogP contribution in [0.2, 0.25) is 5.02 Å². The number of aromatic nitrogens is 1.